The molecule has 0 fully saturated rings. The fourth-order valence-electron chi connectivity index (χ4n) is 2.16. The van der Waals surface area contributed by atoms with Crippen LogP contribution in [0.4, 0.5) is 0 Å². The van der Waals surface area contributed by atoms with E-state index in [0.717, 1.165) is 19.4 Å². The van der Waals surface area contributed by atoms with Crippen LogP contribution in [-0.2, 0) is 10.8 Å². The van der Waals surface area contributed by atoms with Crippen molar-refractivity contribution in [2.24, 2.45) is 0 Å². The van der Waals surface area contributed by atoms with Gasteiger partial charge >= 0.3 is 0 Å². The molecule has 1 aromatic heterocycles. The predicted octanol–water partition coefficient (Wildman–Crippen LogP) is 5.12. The zero-order valence-corrected chi connectivity index (χ0v) is 14.4. The molecule has 0 spiro atoms. The molecule has 1 N–H and O–H groups in total. The first-order valence-corrected chi connectivity index (χ1v) is 10.4. The minimum absolute atomic E-state index is 0.298. The number of benzene rings is 1. The number of fused-ring (bicyclic) bond motifs is 1. The summed E-state index contributed by atoms with van der Waals surface area (Å²) in [6.07, 6.45) is 4.18. The average Bonchev–Trinajstić information content (AvgIpc) is 2.82. The first kappa shape index (κ1) is 15.3. The van der Waals surface area contributed by atoms with E-state index in [2.05, 4.69) is 63.1 Å². The minimum Gasteiger partial charge on any atom is -0.417 e. The van der Waals surface area contributed by atoms with Crippen LogP contribution in [-0.4, -0.2) is 19.9 Å². The third kappa shape index (κ3) is 3.33. The van der Waals surface area contributed by atoms with E-state index >= 15 is 0 Å². The molecule has 1 aromatic carbocycles. The van der Waals surface area contributed by atoms with E-state index < -0.39 is 8.32 Å². The van der Waals surface area contributed by atoms with Crippen LogP contribution in [0.1, 0.15) is 32.8 Å². The molecule has 1 heterocycles. The monoisotopic (exact) mass is 289 g/mol. The van der Waals surface area contributed by atoms with Crippen molar-refractivity contribution in [1.82, 2.24) is 4.98 Å². The Kier molecular flexibility index (Phi) is 4.40. The summed E-state index contributed by atoms with van der Waals surface area (Å²) < 4.78 is 6.24. The summed E-state index contributed by atoms with van der Waals surface area (Å²) in [4.78, 5) is 3.34. The van der Waals surface area contributed by atoms with Crippen LogP contribution in [0, 0.1) is 0 Å². The lowest BCUT2D eigenvalue weighted by Gasteiger charge is -2.36. The largest absolute Gasteiger partial charge is 0.417 e. The average molecular weight is 289 g/mol. The quantitative estimate of drug-likeness (QED) is 0.599. The topological polar surface area (TPSA) is 25.0 Å². The number of nitrogens with one attached hydrogen (secondary N) is 1. The summed E-state index contributed by atoms with van der Waals surface area (Å²) in [5, 5.41) is 1.60. The maximum atomic E-state index is 6.24. The maximum Gasteiger partial charge on any atom is 0.191 e. The summed E-state index contributed by atoms with van der Waals surface area (Å²) in [5.74, 6) is 0. The number of aromatic nitrogens is 1. The summed E-state index contributed by atoms with van der Waals surface area (Å²) >= 11 is 0. The second kappa shape index (κ2) is 5.74. The SMILES string of the molecule is CC(C)(C)[Si](C)(C)OCCCc1cccc2cc[nH]c12. The van der Waals surface area contributed by atoms with Gasteiger partial charge in [-0.2, -0.15) is 0 Å². The molecule has 2 aromatic rings. The van der Waals surface area contributed by atoms with E-state index in [1.54, 1.807) is 0 Å². The number of para-hydroxylation sites is 1. The molecular formula is C17H27NOSi. The van der Waals surface area contributed by atoms with Crippen molar-refractivity contribution in [3.63, 3.8) is 0 Å². The molecule has 0 amide bonds. The molecule has 0 bridgehead atoms. The minimum atomic E-state index is -1.59. The van der Waals surface area contributed by atoms with Crippen molar-refractivity contribution < 1.29 is 4.43 Å². The Balaban J connectivity index is 1.89. The highest BCUT2D eigenvalue weighted by Gasteiger charge is 2.36. The van der Waals surface area contributed by atoms with Gasteiger partial charge in [0.05, 0.1) is 0 Å². The van der Waals surface area contributed by atoms with Gasteiger partial charge in [0, 0.05) is 18.3 Å². The van der Waals surface area contributed by atoms with Gasteiger partial charge in [-0.15, -0.1) is 0 Å². The highest BCUT2D eigenvalue weighted by Crippen LogP contribution is 2.36. The van der Waals surface area contributed by atoms with E-state index in [0.29, 0.717) is 5.04 Å². The molecular weight excluding hydrogens is 262 g/mol. The normalized spacial score (nSPS) is 13.1. The van der Waals surface area contributed by atoms with E-state index in [4.69, 9.17) is 4.43 Å². The van der Waals surface area contributed by atoms with Gasteiger partial charge in [-0.1, -0.05) is 39.0 Å². The van der Waals surface area contributed by atoms with Crippen LogP contribution in [0.5, 0.6) is 0 Å². The molecule has 3 heteroatoms. The smallest absolute Gasteiger partial charge is 0.191 e. The Hall–Kier alpha value is -1.06. The fraction of sp³-hybridized carbons (Fsp3) is 0.529. The lowest BCUT2D eigenvalue weighted by atomic mass is 10.1. The van der Waals surface area contributed by atoms with Crippen molar-refractivity contribution in [2.45, 2.75) is 51.7 Å². The van der Waals surface area contributed by atoms with Crippen LogP contribution in [0.2, 0.25) is 18.1 Å². The Morgan fingerprint density at radius 2 is 1.90 bits per heavy atom. The Labute approximate surface area is 123 Å². The van der Waals surface area contributed by atoms with E-state index in [9.17, 15) is 0 Å². The van der Waals surface area contributed by atoms with Crippen LogP contribution >= 0.6 is 0 Å². The zero-order valence-electron chi connectivity index (χ0n) is 13.4. The summed E-state index contributed by atoms with van der Waals surface area (Å²) in [6.45, 7) is 12.4. The van der Waals surface area contributed by atoms with Crippen molar-refractivity contribution in [1.29, 1.82) is 0 Å². The zero-order chi connectivity index (χ0) is 14.8. The van der Waals surface area contributed by atoms with Gasteiger partial charge in [-0.25, -0.2) is 0 Å². The molecule has 0 aliphatic rings. The molecule has 0 saturated carbocycles. The molecule has 2 rings (SSSR count). The van der Waals surface area contributed by atoms with E-state index in [-0.39, 0.29) is 0 Å². The molecule has 0 atom stereocenters. The Bertz CT molecular complexity index is 566. The summed E-state index contributed by atoms with van der Waals surface area (Å²) in [6, 6.07) is 8.64. The molecule has 20 heavy (non-hydrogen) atoms. The summed E-state index contributed by atoms with van der Waals surface area (Å²) in [7, 11) is -1.59. The maximum absolute atomic E-state index is 6.24. The van der Waals surface area contributed by atoms with Gasteiger partial charge in [0.2, 0.25) is 0 Å². The van der Waals surface area contributed by atoms with Crippen LogP contribution in [0.25, 0.3) is 10.9 Å². The lowest BCUT2D eigenvalue weighted by molar-refractivity contribution is 0.282. The highest BCUT2D eigenvalue weighted by atomic mass is 28.4. The molecule has 2 nitrogen and oxygen atoms in total. The molecule has 0 saturated heterocycles. The van der Waals surface area contributed by atoms with Gasteiger partial charge in [0.1, 0.15) is 0 Å². The predicted molar refractivity (Wildman–Crippen MR) is 89.8 cm³/mol. The molecule has 0 unspecified atom stereocenters. The van der Waals surface area contributed by atoms with E-state index in [1.807, 2.05) is 6.20 Å². The number of aryl methyl sites for hydroxylation is 1. The molecule has 0 aliphatic carbocycles. The first-order chi connectivity index (χ1) is 9.31. The second-order valence-corrected chi connectivity index (χ2v) is 11.9. The lowest BCUT2D eigenvalue weighted by Crippen LogP contribution is -2.41. The molecule has 110 valence electrons. The molecule has 0 aliphatic heterocycles. The molecule has 0 radical (unpaired) electrons. The van der Waals surface area contributed by atoms with E-state index in [1.165, 1.54) is 16.5 Å². The van der Waals surface area contributed by atoms with Crippen molar-refractivity contribution in [2.75, 3.05) is 6.61 Å². The number of H-pyrrole nitrogens is 1. The van der Waals surface area contributed by atoms with Gasteiger partial charge < -0.3 is 9.41 Å². The Morgan fingerprint density at radius 1 is 1.15 bits per heavy atom. The fourth-order valence-corrected chi connectivity index (χ4v) is 3.25. The third-order valence-electron chi connectivity index (χ3n) is 4.53. The van der Waals surface area contributed by atoms with Gasteiger partial charge in [-0.05, 0) is 48.0 Å². The number of aromatic amines is 1. The van der Waals surface area contributed by atoms with Gasteiger partial charge in [0.15, 0.2) is 8.32 Å². The van der Waals surface area contributed by atoms with Crippen molar-refractivity contribution in [3.05, 3.63) is 36.0 Å². The Morgan fingerprint density at radius 3 is 2.60 bits per heavy atom. The number of hydrogen-bond donors (Lipinski definition) is 1. The first-order valence-electron chi connectivity index (χ1n) is 7.50. The van der Waals surface area contributed by atoms with Gasteiger partial charge in [-0.3, -0.25) is 0 Å². The van der Waals surface area contributed by atoms with Gasteiger partial charge in [0.25, 0.3) is 0 Å². The summed E-state index contributed by atoms with van der Waals surface area (Å²) in [5.41, 5.74) is 2.67. The number of rotatable bonds is 5. The standard InChI is InChI=1S/C17H27NOSi/c1-17(2,3)20(4,5)19-13-7-10-14-8-6-9-15-11-12-18-16(14)15/h6,8-9,11-12,18H,7,10,13H2,1-5H3. The van der Waals surface area contributed by atoms with Crippen molar-refractivity contribution >= 4 is 19.2 Å². The van der Waals surface area contributed by atoms with Crippen LogP contribution in [0.15, 0.2) is 30.5 Å². The number of hydrogen-bond acceptors (Lipinski definition) is 1. The third-order valence-corrected chi connectivity index (χ3v) is 9.07. The second-order valence-electron chi connectivity index (χ2n) is 7.07. The van der Waals surface area contributed by atoms with Crippen LogP contribution < -0.4 is 0 Å². The van der Waals surface area contributed by atoms with Crippen LogP contribution in [0.3, 0.4) is 0 Å². The highest BCUT2D eigenvalue weighted by molar-refractivity contribution is 6.74. The van der Waals surface area contributed by atoms with Crippen molar-refractivity contribution in [3.8, 4) is 0 Å².